The molecule has 1 heterocycles. The van der Waals surface area contributed by atoms with Crippen molar-refractivity contribution in [2.24, 2.45) is 0 Å². The molecule has 0 spiro atoms. The number of rotatable bonds is 6. The van der Waals surface area contributed by atoms with E-state index in [0.29, 0.717) is 18.5 Å². The van der Waals surface area contributed by atoms with Crippen LogP contribution in [0.1, 0.15) is 36.2 Å². The lowest BCUT2D eigenvalue weighted by atomic mass is 10.1. The minimum atomic E-state index is -3.76. The number of carbonyl (C=O) groups excluding carboxylic acids is 1. The van der Waals surface area contributed by atoms with E-state index in [1.54, 1.807) is 11.0 Å². The number of para-hydroxylation sites is 1. The van der Waals surface area contributed by atoms with Gasteiger partial charge >= 0.3 is 0 Å². The predicted molar refractivity (Wildman–Crippen MR) is 105 cm³/mol. The average molecular weight is 388 g/mol. The summed E-state index contributed by atoms with van der Waals surface area (Å²) >= 11 is 0. The second-order valence-corrected chi connectivity index (χ2v) is 8.36. The van der Waals surface area contributed by atoms with Crippen molar-refractivity contribution in [3.63, 3.8) is 0 Å². The maximum Gasteiger partial charge on any atom is 0.258 e. The zero-order chi connectivity index (χ0) is 19.6. The van der Waals surface area contributed by atoms with E-state index in [9.17, 15) is 13.2 Å². The molecule has 3 rings (SSSR count). The summed E-state index contributed by atoms with van der Waals surface area (Å²) in [4.78, 5) is 14.9. The molecule has 7 heteroatoms. The summed E-state index contributed by atoms with van der Waals surface area (Å²) in [5.41, 5.74) is 2.31. The molecule has 1 amide bonds. The van der Waals surface area contributed by atoms with Crippen LogP contribution in [0, 0.1) is 0 Å². The van der Waals surface area contributed by atoms with Crippen LogP contribution in [-0.2, 0) is 16.4 Å². The molecule has 0 bridgehead atoms. The third-order valence-corrected chi connectivity index (χ3v) is 6.15. The Morgan fingerprint density at radius 1 is 1.26 bits per heavy atom. The van der Waals surface area contributed by atoms with E-state index in [-0.39, 0.29) is 22.6 Å². The molecule has 1 N–H and O–H groups in total. The summed E-state index contributed by atoms with van der Waals surface area (Å²) in [6.07, 6.45) is 1.45. The van der Waals surface area contributed by atoms with Gasteiger partial charge in [-0.15, -0.1) is 0 Å². The Morgan fingerprint density at radius 3 is 2.70 bits per heavy atom. The lowest BCUT2D eigenvalue weighted by molar-refractivity contribution is 0.0981. The number of amides is 1. The Kier molecular flexibility index (Phi) is 5.53. The standard InChI is InChI=1S/C20H24N2O4S/c1-4-11-21-27(24,25)19-13-16(9-10-18(19)26-3)20(23)22-14(2)12-15-7-5-6-8-17(15)22/h5-10,13-14,21H,4,11-12H2,1-3H3/t14-/m1/s1. The van der Waals surface area contributed by atoms with Crippen LogP contribution >= 0.6 is 0 Å². The summed E-state index contributed by atoms with van der Waals surface area (Å²) in [6, 6.07) is 12.3. The van der Waals surface area contributed by atoms with Crippen molar-refractivity contribution in [3.8, 4) is 5.75 Å². The number of anilines is 1. The maximum absolute atomic E-state index is 13.2. The Balaban J connectivity index is 2.00. The number of hydrogen-bond donors (Lipinski definition) is 1. The molecule has 1 aliphatic rings. The average Bonchev–Trinajstić information content (AvgIpc) is 3.01. The maximum atomic E-state index is 13.2. The zero-order valence-corrected chi connectivity index (χ0v) is 16.5. The number of sulfonamides is 1. The Labute approximate surface area is 160 Å². The van der Waals surface area contributed by atoms with Gasteiger partial charge < -0.3 is 9.64 Å². The second-order valence-electron chi connectivity index (χ2n) is 6.62. The first-order valence-electron chi connectivity index (χ1n) is 8.98. The van der Waals surface area contributed by atoms with Crippen LogP contribution in [-0.4, -0.2) is 34.0 Å². The molecule has 0 saturated carbocycles. The number of carbonyl (C=O) groups is 1. The molecule has 6 nitrogen and oxygen atoms in total. The summed E-state index contributed by atoms with van der Waals surface area (Å²) < 4.78 is 33.0. The lowest BCUT2D eigenvalue weighted by Gasteiger charge is -2.23. The van der Waals surface area contributed by atoms with E-state index in [1.807, 2.05) is 38.1 Å². The fourth-order valence-electron chi connectivity index (χ4n) is 3.35. The molecule has 2 aromatic carbocycles. The van der Waals surface area contributed by atoms with E-state index < -0.39 is 10.0 Å². The largest absolute Gasteiger partial charge is 0.495 e. The van der Waals surface area contributed by atoms with E-state index in [2.05, 4.69) is 4.72 Å². The van der Waals surface area contributed by atoms with Gasteiger partial charge in [0, 0.05) is 23.8 Å². The van der Waals surface area contributed by atoms with Crippen LogP contribution in [0.5, 0.6) is 5.75 Å². The van der Waals surface area contributed by atoms with Crippen LogP contribution in [0.2, 0.25) is 0 Å². The first-order valence-corrected chi connectivity index (χ1v) is 10.5. The highest BCUT2D eigenvalue weighted by Gasteiger charge is 2.32. The van der Waals surface area contributed by atoms with Gasteiger partial charge in [0.15, 0.2) is 0 Å². The fourth-order valence-corrected chi connectivity index (χ4v) is 4.67. The lowest BCUT2D eigenvalue weighted by Crippen LogP contribution is -2.36. The minimum Gasteiger partial charge on any atom is -0.495 e. The molecule has 0 unspecified atom stereocenters. The van der Waals surface area contributed by atoms with Gasteiger partial charge in [0.05, 0.1) is 7.11 Å². The van der Waals surface area contributed by atoms with Crippen molar-refractivity contribution >= 4 is 21.6 Å². The van der Waals surface area contributed by atoms with E-state index >= 15 is 0 Å². The molecule has 1 aliphatic heterocycles. The highest BCUT2D eigenvalue weighted by Crippen LogP contribution is 2.34. The van der Waals surface area contributed by atoms with Crippen LogP contribution in [0.15, 0.2) is 47.4 Å². The third-order valence-electron chi connectivity index (χ3n) is 4.67. The van der Waals surface area contributed by atoms with Gasteiger partial charge in [-0.3, -0.25) is 4.79 Å². The highest BCUT2D eigenvalue weighted by atomic mass is 32.2. The van der Waals surface area contributed by atoms with Gasteiger partial charge in [0.2, 0.25) is 10.0 Å². The highest BCUT2D eigenvalue weighted by molar-refractivity contribution is 7.89. The van der Waals surface area contributed by atoms with Crippen molar-refractivity contribution in [2.45, 2.75) is 37.6 Å². The normalized spacial score (nSPS) is 16.3. The topological polar surface area (TPSA) is 75.7 Å². The number of nitrogens with zero attached hydrogens (tertiary/aromatic N) is 1. The molecule has 27 heavy (non-hydrogen) atoms. The molecule has 0 radical (unpaired) electrons. The van der Waals surface area contributed by atoms with Gasteiger partial charge in [-0.2, -0.15) is 0 Å². The molecule has 0 aliphatic carbocycles. The first kappa shape index (κ1) is 19.4. The first-order chi connectivity index (χ1) is 12.9. The fraction of sp³-hybridized carbons (Fsp3) is 0.350. The molecular formula is C20H24N2O4S. The van der Waals surface area contributed by atoms with Gasteiger partial charge in [0.25, 0.3) is 5.91 Å². The monoisotopic (exact) mass is 388 g/mol. The predicted octanol–water partition coefficient (Wildman–Crippen LogP) is 2.97. The van der Waals surface area contributed by atoms with Gasteiger partial charge in [0.1, 0.15) is 10.6 Å². The third kappa shape index (κ3) is 3.70. The summed E-state index contributed by atoms with van der Waals surface area (Å²) in [5, 5.41) is 0. The molecule has 0 aromatic heterocycles. The van der Waals surface area contributed by atoms with Crippen LogP contribution in [0.3, 0.4) is 0 Å². The SMILES string of the molecule is CCCNS(=O)(=O)c1cc(C(=O)N2c3ccccc3C[C@H]2C)ccc1OC. The number of hydrogen-bond acceptors (Lipinski definition) is 4. The number of nitrogens with one attached hydrogen (secondary N) is 1. The van der Waals surface area contributed by atoms with Crippen LogP contribution in [0.4, 0.5) is 5.69 Å². The number of ether oxygens (including phenoxy) is 1. The smallest absolute Gasteiger partial charge is 0.258 e. The molecule has 0 fully saturated rings. The number of benzene rings is 2. The van der Waals surface area contributed by atoms with Crippen molar-refractivity contribution in [1.29, 1.82) is 0 Å². The molecule has 144 valence electrons. The minimum absolute atomic E-state index is 0.00951. The summed E-state index contributed by atoms with van der Waals surface area (Å²) in [5.74, 6) is -0.00734. The van der Waals surface area contributed by atoms with Crippen molar-refractivity contribution in [2.75, 3.05) is 18.6 Å². The number of methoxy groups -OCH3 is 1. The molecular weight excluding hydrogens is 364 g/mol. The Bertz CT molecular complexity index is 956. The summed E-state index contributed by atoms with van der Waals surface area (Å²) in [6.45, 7) is 4.19. The molecule has 1 atom stereocenters. The van der Waals surface area contributed by atoms with Crippen molar-refractivity contribution < 1.29 is 17.9 Å². The Hall–Kier alpha value is -2.38. The molecule has 0 saturated heterocycles. The summed E-state index contributed by atoms with van der Waals surface area (Å²) in [7, 11) is -2.35. The Morgan fingerprint density at radius 2 is 2.00 bits per heavy atom. The molecule has 2 aromatic rings. The van der Waals surface area contributed by atoms with Crippen LogP contribution < -0.4 is 14.4 Å². The zero-order valence-electron chi connectivity index (χ0n) is 15.7. The van der Waals surface area contributed by atoms with Gasteiger partial charge in [-0.25, -0.2) is 13.1 Å². The quantitative estimate of drug-likeness (QED) is 0.825. The van der Waals surface area contributed by atoms with Crippen LogP contribution in [0.25, 0.3) is 0 Å². The van der Waals surface area contributed by atoms with Crippen molar-refractivity contribution in [3.05, 3.63) is 53.6 Å². The van der Waals surface area contributed by atoms with Gasteiger partial charge in [-0.1, -0.05) is 25.1 Å². The van der Waals surface area contributed by atoms with Gasteiger partial charge in [-0.05, 0) is 49.6 Å². The van der Waals surface area contributed by atoms with E-state index in [4.69, 9.17) is 4.74 Å². The second kappa shape index (κ2) is 7.70. The van der Waals surface area contributed by atoms with E-state index in [0.717, 1.165) is 17.7 Å². The number of fused-ring (bicyclic) bond motifs is 1. The van der Waals surface area contributed by atoms with Crippen molar-refractivity contribution in [1.82, 2.24) is 4.72 Å². The van der Waals surface area contributed by atoms with E-state index in [1.165, 1.54) is 19.2 Å².